The number of anilines is 1. The number of aliphatic imine (C=N–C) groups is 2. The van der Waals surface area contributed by atoms with Crippen molar-refractivity contribution in [3.63, 3.8) is 0 Å². The largest absolute Gasteiger partial charge is 0.374 e. The number of benzene rings is 1. The molecule has 1 aromatic heterocycles. The number of aliphatic hydroxyl groups is 1. The molecule has 0 saturated carbocycles. The number of hydrogen-bond acceptors (Lipinski definition) is 6. The first-order chi connectivity index (χ1) is 11.5. The highest BCUT2D eigenvalue weighted by Gasteiger charge is 2.52. The maximum atomic E-state index is 12.8. The molecule has 1 aromatic carbocycles. The van der Waals surface area contributed by atoms with Gasteiger partial charge in [-0.1, -0.05) is 12.1 Å². The second-order valence-corrected chi connectivity index (χ2v) is 7.32. The first-order valence-corrected chi connectivity index (χ1v) is 8.61. The number of amidine groups is 1. The quantitative estimate of drug-likeness (QED) is 0.856. The van der Waals surface area contributed by atoms with Crippen LogP contribution in [0.4, 0.5) is 10.7 Å². The zero-order valence-corrected chi connectivity index (χ0v) is 14.3. The van der Waals surface area contributed by atoms with Gasteiger partial charge >= 0.3 is 0 Å². The van der Waals surface area contributed by atoms with Crippen LogP contribution in [0, 0.1) is 6.92 Å². The predicted octanol–water partition coefficient (Wildman–Crippen LogP) is 2.97. The van der Waals surface area contributed by atoms with Crippen LogP contribution < -0.4 is 4.90 Å². The molecule has 0 spiro atoms. The van der Waals surface area contributed by atoms with Gasteiger partial charge in [0.05, 0.1) is 5.56 Å². The molecule has 1 atom stereocenters. The zero-order chi connectivity index (χ0) is 16.9. The summed E-state index contributed by atoms with van der Waals surface area (Å²) in [6.45, 7) is 2.50. The van der Waals surface area contributed by atoms with Crippen molar-refractivity contribution in [1.29, 1.82) is 0 Å². The first kappa shape index (κ1) is 15.2. The lowest BCUT2D eigenvalue weighted by molar-refractivity contribution is 0.0603. The molecule has 2 aromatic rings. The number of carbonyl (C=O) groups is 1. The molecule has 0 bridgehead atoms. The SMILES string of the molecule is CN=Cc1cccc(N2CCC3(O)C(=O)c4cc(C)sc4N=C23)c1. The number of ketones is 1. The Morgan fingerprint density at radius 3 is 3.04 bits per heavy atom. The van der Waals surface area contributed by atoms with Gasteiger partial charge in [0.2, 0.25) is 5.78 Å². The van der Waals surface area contributed by atoms with Crippen molar-refractivity contribution in [2.45, 2.75) is 18.9 Å². The van der Waals surface area contributed by atoms with E-state index in [1.807, 2.05) is 42.2 Å². The normalized spacial score (nSPS) is 22.7. The third-order valence-electron chi connectivity index (χ3n) is 4.45. The zero-order valence-electron chi connectivity index (χ0n) is 13.5. The van der Waals surface area contributed by atoms with E-state index in [1.54, 1.807) is 13.3 Å². The van der Waals surface area contributed by atoms with Crippen LogP contribution in [0.3, 0.4) is 0 Å². The Kier molecular flexibility index (Phi) is 3.40. The number of hydrogen-bond donors (Lipinski definition) is 1. The van der Waals surface area contributed by atoms with E-state index in [-0.39, 0.29) is 5.78 Å². The first-order valence-electron chi connectivity index (χ1n) is 7.79. The van der Waals surface area contributed by atoms with E-state index >= 15 is 0 Å². The minimum Gasteiger partial charge on any atom is -0.374 e. The van der Waals surface area contributed by atoms with Gasteiger partial charge in [0.1, 0.15) is 5.00 Å². The maximum absolute atomic E-state index is 12.8. The van der Waals surface area contributed by atoms with Crippen LogP contribution in [0.1, 0.15) is 27.2 Å². The van der Waals surface area contributed by atoms with Gasteiger partial charge in [-0.15, -0.1) is 11.3 Å². The van der Waals surface area contributed by atoms with Crippen molar-refractivity contribution >= 4 is 39.9 Å². The lowest BCUT2D eigenvalue weighted by Crippen LogP contribution is -2.48. The van der Waals surface area contributed by atoms with Crippen LogP contribution in [0.15, 0.2) is 40.3 Å². The van der Waals surface area contributed by atoms with Gasteiger partial charge in [-0.3, -0.25) is 9.79 Å². The van der Waals surface area contributed by atoms with Gasteiger partial charge in [-0.25, -0.2) is 4.99 Å². The molecule has 1 N–H and O–H groups in total. The number of aryl methyl sites for hydroxylation is 1. The molecule has 2 aliphatic rings. The molecule has 3 heterocycles. The Morgan fingerprint density at radius 1 is 1.42 bits per heavy atom. The van der Waals surface area contributed by atoms with Crippen molar-refractivity contribution in [2.75, 3.05) is 18.5 Å². The average Bonchev–Trinajstić information content (AvgIpc) is 3.09. The van der Waals surface area contributed by atoms with Crippen LogP contribution in [0.25, 0.3) is 0 Å². The molecule has 1 unspecified atom stereocenters. The number of thiophene rings is 1. The van der Waals surface area contributed by atoms with Crippen molar-refractivity contribution in [3.8, 4) is 0 Å². The molecule has 1 fully saturated rings. The molecule has 0 radical (unpaired) electrons. The maximum Gasteiger partial charge on any atom is 0.205 e. The molecule has 2 aliphatic heterocycles. The minimum atomic E-state index is -1.52. The monoisotopic (exact) mass is 339 g/mol. The lowest BCUT2D eigenvalue weighted by Gasteiger charge is -2.28. The predicted molar refractivity (Wildman–Crippen MR) is 97.4 cm³/mol. The fourth-order valence-electron chi connectivity index (χ4n) is 3.32. The second kappa shape index (κ2) is 5.36. The Bertz CT molecular complexity index is 899. The summed E-state index contributed by atoms with van der Waals surface area (Å²) in [4.78, 5) is 24.4. The number of rotatable bonds is 2. The number of nitrogens with zero attached hydrogens (tertiary/aromatic N) is 3. The highest BCUT2D eigenvalue weighted by molar-refractivity contribution is 7.16. The summed E-state index contributed by atoms with van der Waals surface area (Å²) < 4.78 is 0. The summed E-state index contributed by atoms with van der Waals surface area (Å²) >= 11 is 1.48. The Balaban J connectivity index is 1.82. The second-order valence-electron chi connectivity index (χ2n) is 6.08. The third kappa shape index (κ3) is 2.14. The summed E-state index contributed by atoms with van der Waals surface area (Å²) in [5.41, 5.74) is 0.903. The van der Waals surface area contributed by atoms with Crippen LogP contribution in [0.2, 0.25) is 0 Å². The van der Waals surface area contributed by atoms with Crippen molar-refractivity contribution in [3.05, 3.63) is 46.3 Å². The molecule has 24 heavy (non-hydrogen) atoms. The smallest absolute Gasteiger partial charge is 0.205 e. The van der Waals surface area contributed by atoms with E-state index in [9.17, 15) is 9.90 Å². The third-order valence-corrected chi connectivity index (χ3v) is 5.39. The molecule has 6 heteroatoms. The van der Waals surface area contributed by atoms with Crippen LogP contribution in [-0.4, -0.2) is 42.1 Å². The van der Waals surface area contributed by atoms with Gasteiger partial charge < -0.3 is 10.0 Å². The highest BCUT2D eigenvalue weighted by atomic mass is 32.1. The lowest BCUT2D eigenvalue weighted by atomic mass is 9.90. The van der Waals surface area contributed by atoms with Gasteiger partial charge in [0, 0.05) is 36.8 Å². The summed E-state index contributed by atoms with van der Waals surface area (Å²) in [6.07, 6.45) is 2.13. The summed E-state index contributed by atoms with van der Waals surface area (Å²) in [6, 6.07) is 9.67. The summed E-state index contributed by atoms with van der Waals surface area (Å²) in [5, 5.41) is 11.7. The average molecular weight is 339 g/mol. The molecule has 4 rings (SSSR count). The van der Waals surface area contributed by atoms with E-state index < -0.39 is 5.60 Å². The van der Waals surface area contributed by atoms with Crippen molar-refractivity contribution in [2.24, 2.45) is 9.98 Å². The summed E-state index contributed by atoms with van der Waals surface area (Å²) in [5.74, 6) is 0.202. The van der Waals surface area contributed by atoms with Crippen LogP contribution in [-0.2, 0) is 0 Å². The van der Waals surface area contributed by atoms with Gasteiger partial charge in [0.25, 0.3) is 0 Å². The molecular weight excluding hydrogens is 322 g/mol. The molecule has 0 amide bonds. The van der Waals surface area contributed by atoms with E-state index in [0.717, 1.165) is 16.1 Å². The van der Waals surface area contributed by atoms with Gasteiger partial charge in [0.15, 0.2) is 11.4 Å². The molecular formula is C18H17N3O2S. The minimum absolute atomic E-state index is 0.236. The van der Waals surface area contributed by atoms with Crippen molar-refractivity contribution in [1.82, 2.24) is 0 Å². The van der Waals surface area contributed by atoms with E-state index in [1.165, 1.54) is 11.3 Å². The van der Waals surface area contributed by atoms with E-state index in [0.29, 0.717) is 29.4 Å². The van der Waals surface area contributed by atoms with Gasteiger partial charge in [-0.05, 0) is 30.7 Å². The molecule has 0 aliphatic carbocycles. The summed E-state index contributed by atoms with van der Waals surface area (Å²) in [7, 11) is 1.73. The number of carbonyl (C=O) groups excluding carboxylic acids is 1. The standard InChI is InChI=1S/C18H17N3O2S/c1-11-8-14-15(22)18(23)6-7-21(17(18)20-16(14)24-11)13-5-3-4-12(9-13)10-19-2/h3-5,8-10,23H,6-7H2,1-2H3. The highest BCUT2D eigenvalue weighted by Crippen LogP contribution is 2.43. The van der Waals surface area contributed by atoms with E-state index in [4.69, 9.17) is 0 Å². The molecule has 122 valence electrons. The fourth-order valence-corrected chi connectivity index (χ4v) is 4.20. The topological polar surface area (TPSA) is 65.3 Å². The fraction of sp³-hybridized carbons (Fsp3) is 0.278. The molecule has 1 saturated heterocycles. The number of Topliss-reactive ketones (excluding diaryl/α,β-unsaturated/α-hetero) is 1. The van der Waals surface area contributed by atoms with E-state index in [2.05, 4.69) is 9.98 Å². The Morgan fingerprint density at radius 2 is 2.25 bits per heavy atom. The van der Waals surface area contributed by atoms with Crippen LogP contribution >= 0.6 is 11.3 Å². The van der Waals surface area contributed by atoms with Crippen LogP contribution in [0.5, 0.6) is 0 Å². The Hall–Kier alpha value is -2.31. The van der Waals surface area contributed by atoms with Crippen molar-refractivity contribution < 1.29 is 9.90 Å². The Labute approximate surface area is 144 Å². The number of fused-ring (bicyclic) bond motifs is 2. The van der Waals surface area contributed by atoms with Gasteiger partial charge in [-0.2, -0.15) is 0 Å². The molecule has 5 nitrogen and oxygen atoms in total.